The summed E-state index contributed by atoms with van der Waals surface area (Å²) in [7, 11) is 1.83. The van der Waals surface area contributed by atoms with Crippen LogP contribution in [0, 0.1) is 6.92 Å². The lowest BCUT2D eigenvalue weighted by Gasteiger charge is -2.28. The molecule has 2 heterocycles. The van der Waals surface area contributed by atoms with Gasteiger partial charge in [0.25, 0.3) is 0 Å². The molecule has 0 spiro atoms. The van der Waals surface area contributed by atoms with Crippen molar-refractivity contribution in [2.45, 2.75) is 38.3 Å². The number of amides is 1. The molecule has 1 amide bonds. The molecule has 0 aromatic carbocycles. The van der Waals surface area contributed by atoms with Crippen molar-refractivity contribution in [2.75, 3.05) is 7.05 Å². The molecule has 1 saturated heterocycles. The normalized spacial score (nSPS) is 26.9. The summed E-state index contributed by atoms with van der Waals surface area (Å²) in [6, 6.07) is -0.0575. The van der Waals surface area contributed by atoms with Crippen LogP contribution in [0.2, 0.25) is 0 Å². The molecule has 4 nitrogen and oxygen atoms in total. The highest BCUT2D eigenvalue weighted by molar-refractivity contribution is 7.09. The zero-order valence-electron chi connectivity index (χ0n) is 9.64. The average Bonchev–Trinajstić information content (AvgIpc) is 2.59. The molecule has 0 saturated carbocycles. The van der Waals surface area contributed by atoms with Crippen LogP contribution < -0.4 is 5.73 Å². The van der Waals surface area contributed by atoms with Gasteiger partial charge in [0, 0.05) is 24.9 Å². The maximum absolute atomic E-state index is 11.8. The van der Waals surface area contributed by atoms with Crippen LogP contribution >= 0.6 is 11.3 Å². The summed E-state index contributed by atoms with van der Waals surface area (Å²) in [5.41, 5.74) is 7.08. The molecule has 2 atom stereocenters. The van der Waals surface area contributed by atoms with Crippen LogP contribution in [0.1, 0.15) is 36.0 Å². The van der Waals surface area contributed by atoms with Gasteiger partial charge < -0.3 is 10.6 Å². The number of rotatable bonds is 1. The minimum absolute atomic E-state index is 0.00190. The quantitative estimate of drug-likeness (QED) is 0.807. The van der Waals surface area contributed by atoms with Crippen molar-refractivity contribution in [3.63, 3.8) is 0 Å². The molecule has 1 aliphatic heterocycles. The van der Waals surface area contributed by atoms with E-state index in [0.717, 1.165) is 23.5 Å². The van der Waals surface area contributed by atoms with Gasteiger partial charge in [-0.3, -0.25) is 4.79 Å². The molecule has 5 heteroatoms. The largest absolute Gasteiger partial charge is 0.336 e. The number of likely N-dealkylation sites (N-methyl/N-ethyl adjacent to an activating group) is 1. The summed E-state index contributed by atoms with van der Waals surface area (Å²) in [4.78, 5) is 18.0. The fourth-order valence-electron chi connectivity index (χ4n) is 2.20. The Balaban J connectivity index is 2.31. The Kier molecular flexibility index (Phi) is 3.25. The second-order valence-corrected chi connectivity index (χ2v) is 5.36. The molecular formula is C11H17N3OS. The molecule has 1 aliphatic rings. The van der Waals surface area contributed by atoms with E-state index in [2.05, 4.69) is 4.98 Å². The third-order valence-electron chi connectivity index (χ3n) is 3.08. The Hall–Kier alpha value is -0.940. The Morgan fingerprint density at radius 2 is 2.38 bits per heavy atom. The van der Waals surface area contributed by atoms with Gasteiger partial charge >= 0.3 is 0 Å². The predicted molar refractivity (Wildman–Crippen MR) is 64.2 cm³/mol. The summed E-state index contributed by atoms with van der Waals surface area (Å²) in [5.74, 6) is 0.170. The van der Waals surface area contributed by atoms with E-state index in [1.807, 2.05) is 19.4 Å². The first-order chi connectivity index (χ1) is 7.59. The van der Waals surface area contributed by atoms with Crippen LogP contribution in [0.4, 0.5) is 0 Å². The molecule has 2 rings (SSSR count). The van der Waals surface area contributed by atoms with Crippen LogP contribution in [0.25, 0.3) is 0 Å². The number of thiazole rings is 1. The number of hydrogen-bond acceptors (Lipinski definition) is 4. The van der Waals surface area contributed by atoms with Crippen LogP contribution in [0.5, 0.6) is 0 Å². The van der Waals surface area contributed by atoms with E-state index in [9.17, 15) is 4.79 Å². The van der Waals surface area contributed by atoms with Crippen molar-refractivity contribution in [1.29, 1.82) is 0 Å². The SMILES string of the molecule is Cc1nc(C2C(N)CCCC(=O)N2C)cs1. The molecule has 2 unspecified atom stereocenters. The monoisotopic (exact) mass is 239 g/mol. The first kappa shape index (κ1) is 11.5. The Labute approximate surface area is 99.5 Å². The number of carbonyl (C=O) groups excluding carboxylic acids is 1. The second kappa shape index (κ2) is 4.51. The molecule has 16 heavy (non-hydrogen) atoms. The number of aromatic nitrogens is 1. The fourth-order valence-corrected chi connectivity index (χ4v) is 2.84. The van der Waals surface area contributed by atoms with Crippen molar-refractivity contribution < 1.29 is 4.79 Å². The van der Waals surface area contributed by atoms with Gasteiger partial charge in [-0.05, 0) is 19.8 Å². The molecule has 1 aromatic heterocycles. The highest BCUT2D eigenvalue weighted by Crippen LogP contribution is 2.29. The van der Waals surface area contributed by atoms with Gasteiger partial charge in [-0.1, -0.05) is 0 Å². The fraction of sp³-hybridized carbons (Fsp3) is 0.636. The molecule has 0 radical (unpaired) electrons. The Morgan fingerprint density at radius 3 is 3.00 bits per heavy atom. The number of aryl methyl sites for hydroxylation is 1. The van der Waals surface area contributed by atoms with Crippen molar-refractivity contribution in [1.82, 2.24) is 9.88 Å². The molecule has 0 aliphatic carbocycles. The van der Waals surface area contributed by atoms with Gasteiger partial charge in [-0.15, -0.1) is 11.3 Å². The van der Waals surface area contributed by atoms with Gasteiger partial charge in [0.2, 0.25) is 5.91 Å². The number of carbonyl (C=O) groups is 1. The molecule has 1 aromatic rings. The summed E-state index contributed by atoms with van der Waals surface area (Å²) in [5, 5.41) is 3.03. The highest BCUT2D eigenvalue weighted by Gasteiger charge is 2.31. The van der Waals surface area contributed by atoms with E-state index in [1.165, 1.54) is 0 Å². The lowest BCUT2D eigenvalue weighted by Crippen LogP contribution is -2.40. The number of nitrogens with zero attached hydrogens (tertiary/aromatic N) is 2. The van der Waals surface area contributed by atoms with Crippen LogP contribution in [0.3, 0.4) is 0 Å². The zero-order valence-corrected chi connectivity index (χ0v) is 10.5. The van der Waals surface area contributed by atoms with E-state index < -0.39 is 0 Å². The molecule has 2 N–H and O–H groups in total. The predicted octanol–water partition coefficient (Wildman–Crippen LogP) is 1.46. The van der Waals surface area contributed by atoms with Gasteiger partial charge in [0.15, 0.2) is 0 Å². The highest BCUT2D eigenvalue weighted by atomic mass is 32.1. The minimum atomic E-state index is -0.0556. The molecular weight excluding hydrogens is 222 g/mol. The van der Waals surface area contributed by atoms with Crippen molar-refractivity contribution in [2.24, 2.45) is 5.73 Å². The van der Waals surface area contributed by atoms with E-state index in [1.54, 1.807) is 16.2 Å². The maximum Gasteiger partial charge on any atom is 0.222 e. The van der Waals surface area contributed by atoms with E-state index in [4.69, 9.17) is 5.73 Å². The summed E-state index contributed by atoms with van der Waals surface area (Å²) < 4.78 is 0. The average molecular weight is 239 g/mol. The number of hydrogen-bond donors (Lipinski definition) is 1. The summed E-state index contributed by atoms with van der Waals surface area (Å²) in [6.07, 6.45) is 2.37. The molecule has 1 fully saturated rings. The van der Waals surface area contributed by atoms with E-state index in [0.29, 0.717) is 6.42 Å². The van der Waals surface area contributed by atoms with E-state index in [-0.39, 0.29) is 18.0 Å². The second-order valence-electron chi connectivity index (χ2n) is 4.30. The van der Waals surface area contributed by atoms with E-state index >= 15 is 0 Å². The van der Waals surface area contributed by atoms with Gasteiger partial charge in [-0.2, -0.15) is 0 Å². The lowest BCUT2D eigenvalue weighted by molar-refractivity contribution is -0.131. The van der Waals surface area contributed by atoms with Gasteiger partial charge in [-0.25, -0.2) is 4.98 Å². The summed E-state index contributed by atoms with van der Waals surface area (Å²) in [6.45, 7) is 1.97. The topological polar surface area (TPSA) is 59.2 Å². The third-order valence-corrected chi connectivity index (χ3v) is 3.88. The number of likely N-dealkylation sites (tertiary alicyclic amines) is 1. The Bertz CT molecular complexity index is 390. The van der Waals surface area contributed by atoms with Crippen molar-refractivity contribution in [3.05, 3.63) is 16.1 Å². The standard InChI is InChI=1S/C11H17N3OS/c1-7-13-9(6-16-7)11-8(12)4-3-5-10(15)14(11)2/h6,8,11H,3-5,12H2,1-2H3. The van der Waals surface area contributed by atoms with Crippen molar-refractivity contribution in [3.8, 4) is 0 Å². The zero-order chi connectivity index (χ0) is 11.7. The van der Waals surface area contributed by atoms with Crippen LogP contribution in [-0.2, 0) is 4.79 Å². The van der Waals surface area contributed by atoms with Crippen LogP contribution in [0.15, 0.2) is 5.38 Å². The van der Waals surface area contributed by atoms with Gasteiger partial charge in [0.05, 0.1) is 16.7 Å². The van der Waals surface area contributed by atoms with Gasteiger partial charge in [0.1, 0.15) is 0 Å². The smallest absolute Gasteiger partial charge is 0.222 e. The Morgan fingerprint density at radius 1 is 1.62 bits per heavy atom. The summed E-state index contributed by atoms with van der Waals surface area (Å²) >= 11 is 1.61. The third kappa shape index (κ3) is 2.10. The maximum atomic E-state index is 11.8. The van der Waals surface area contributed by atoms with Crippen LogP contribution in [-0.4, -0.2) is 28.9 Å². The number of nitrogens with two attached hydrogens (primary N) is 1. The molecule has 0 bridgehead atoms. The minimum Gasteiger partial charge on any atom is -0.336 e. The lowest BCUT2D eigenvalue weighted by atomic mass is 10.0. The molecule has 88 valence electrons. The first-order valence-electron chi connectivity index (χ1n) is 5.53. The first-order valence-corrected chi connectivity index (χ1v) is 6.41. The van der Waals surface area contributed by atoms with Crippen molar-refractivity contribution >= 4 is 17.2 Å².